The number of ketones is 2. The lowest BCUT2D eigenvalue weighted by molar-refractivity contribution is -0.159. The zero-order valence-corrected chi connectivity index (χ0v) is 21.1. The minimum Gasteiger partial charge on any atom is -0.463 e. The number of esters is 2. The Hall–Kier alpha value is -1.76. The van der Waals surface area contributed by atoms with Crippen LogP contribution in [-0.2, 0) is 33.4 Å². The van der Waals surface area contributed by atoms with Crippen LogP contribution in [0.1, 0.15) is 82.1 Å². The average molecular weight is 443 g/mol. The van der Waals surface area contributed by atoms with E-state index >= 15 is 0 Å². The standard InChI is InChI=1S/C24H42O7/c1-17(25)21(3,4)15-23(7,8)19(27)30-13-11-29-12-14-31-20(28)24(9,10)16-22(5,6)18(2)26/h11-16H2,1-10H3. The molecule has 0 spiro atoms. The fourth-order valence-corrected chi connectivity index (χ4v) is 3.48. The lowest BCUT2D eigenvalue weighted by Gasteiger charge is -2.31. The molecule has 0 N–H and O–H groups in total. The van der Waals surface area contributed by atoms with Gasteiger partial charge in [-0.3, -0.25) is 19.2 Å². The molecule has 0 aromatic rings. The first-order valence-electron chi connectivity index (χ1n) is 10.8. The van der Waals surface area contributed by atoms with E-state index in [1.165, 1.54) is 13.8 Å². The molecule has 0 rings (SSSR count). The SMILES string of the molecule is CC(=O)C(C)(C)CC(C)(C)C(=O)OCCOCCOC(=O)C(C)(C)CC(C)(C)C(C)=O. The monoisotopic (exact) mass is 442 g/mol. The van der Waals surface area contributed by atoms with Crippen molar-refractivity contribution in [3.8, 4) is 0 Å². The maximum Gasteiger partial charge on any atom is 0.311 e. The van der Waals surface area contributed by atoms with Crippen molar-refractivity contribution in [3.05, 3.63) is 0 Å². The van der Waals surface area contributed by atoms with Gasteiger partial charge in [-0.15, -0.1) is 0 Å². The highest BCUT2D eigenvalue weighted by Gasteiger charge is 2.39. The number of hydrogen-bond acceptors (Lipinski definition) is 7. The summed E-state index contributed by atoms with van der Waals surface area (Å²) in [7, 11) is 0. The molecule has 0 unspecified atom stereocenters. The molecule has 0 saturated carbocycles. The maximum atomic E-state index is 12.3. The van der Waals surface area contributed by atoms with Crippen molar-refractivity contribution in [1.82, 2.24) is 0 Å². The van der Waals surface area contributed by atoms with Crippen LogP contribution in [-0.4, -0.2) is 49.9 Å². The quantitative estimate of drug-likeness (QED) is 0.294. The zero-order valence-electron chi connectivity index (χ0n) is 21.1. The van der Waals surface area contributed by atoms with Crippen LogP contribution in [0, 0.1) is 21.7 Å². The van der Waals surface area contributed by atoms with Gasteiger partial charge in [-0.2, -0.15) is 0 Å². The predicted octanol–water partition coefficient (Wildman–Crippen LogP) is 4.15. The van der Waals surface area contributed by atoms with Gasteiger partial charge < -0.3 is 14.2 Å². The molecule has 0 radical (unpaired) electrons. The molecule has 0 aliphatic rings. The third-order valence-corrected chi connectivity index (χ3v) is 5.70. The molecule has 0 aromatic carbocycles. The molecule has 0 aliphatic heterocycles. The third kappa shape index (κ3) is 9.93. The van der Waals surface area contributed by atoms with Crippen molar-refractivity contribution >= 4 is 23.5 Å². The Morgan fingerprint density at radius 1 is 0.516 bits per heavy atom. The van der Waals surface area contributed by atoms with E-state index in [-0.39, 0.29) is 49.9 Å². The first kappa shape index (κ1) is 29.2. The molecule has 180 valence electrons. The summed E-state index contributed by atoms with van der Waals surface area (Å²) in [6.45, 7) is 17.9. The van der Waals surface area contributed by atoms with E-state index in [1.54, 1.807) is 27.7 Å². The molecular weight excluding hydrogens is 400 g/mol. The Morgan fingerprint density at radius 2 is 0.806 bits per heavy atom. The van der Waals surface area contributed by atoms with Crippen LogP contribution in [0.5, 0.6) is 0 Å². The lowest BCUT2D eigenvalue weighted by Crippen LogP contribution is -2.36. The predicted molar refractivity (Wildman–Crippen MR) is 118 cm³/mol. The van der Waals surface area contributed by atoms with Crippen molar-refractivity contribution in [1.29, 1.82) is 0 Å². The second kappa shape index (κ2) is 11.2. The first-order valence-corrected chi connectivity index (χ1v) is 10.8. The molecule has 7 nitrogen and oxygen atoms in total. The van der Waals surface area contributed by atoms with Gasteiger partial charge in [-0.1, -0.05) is 27.7 Å². The van der Waals surface area contributed by atoms with Crippen molar-refractivity contribution in [3.63, 3.8) is 0 Å². The van der Waals surface area contributed by atoms with E-state index in [0.29, 0.717) is 12.8 Å². The van der Waals surface area contributed by atoms with Crippen molar-refractivity contribution in [2.75, 3.05) is 26.4 Å². The fraction of sp³-hybridized carbons (Fsp3) is 0.833. The van der Waals surface area contributed by atoms with E-state index in [1.807, 2.05) is 27.7 Å². The summed E-state index contributed by atoms with van der Waals surface area (Å²) in [5.74, 6) is -0.711. The second-order valence-corrected chi connectivity index (χ2v) is 10.9. The van der Waals surface area contributed by atoms with Crippen LogP contribution < -0.4 is 0 Å². The Kier molecular flexibility index (Phi) is 10.6. The third-order valence-electron chi connectivity index (χ3n) is 5.70. The largest absolute Gasteiger partial charge is 0.463 e. The highest BCUT2D eigenvalue weighted by atomic mass is 16.6. The van der Waals surface area contributed by atoms with Crippen LogP contribution in [0.3, 0.4) is 0 Å². The number of carbonyl (C=O) groups excluding carboxylic acids is 4. The van der Waals surface area contributed by atoms with Crippen LogP contribution >= 0.6 is 0 Å². The molecule has 0 amide bonds. The lowest BCUT2D eigenvalue weighted by atomic mass is 9.73. The van der Waals surface area contributed by atoms with Gasteiger partial charge in [0.15, 0.2) is 0 Å². The first-order chi connectivity index (χ1) is 13.8. The molecule has 31 heavy (non-hydrogen) atoms. The average Bonchev–Trinajstić information content (AvgIpc) is 2.58. The molecule has 0 aliphatic carbocycles. The molecule has 0 heterocycles. The minimum atomic E-state index is -0.788. The summed E-state index contributed by atoms with van der Waals surface area (Å²) in [5.41, 5.74) is -2.78. The van der Waals surface area contributed by atoms with Crippen LogP contribution in [0.25, 0.3) is 0 Å². The summed E-state index contributed by atoms with van der Waals surface area (Å²) in [6, 6.07) is 0. The molecule has 0 bridgehead atoms. The number of hydrogen-bond donors (Lipinski definition) is 0. The number of ether oxygens (including phenoxy) is 3. The Morgan fingerprint density at radius 3 is 1.06 bits per heavy atom. The molecule has 0 aromatic heterocycles. The van der Waals surface area contributed by atoms with E-state index in [4.69, 9.17) is 14.2 Å². The van der Waals surface area contributed by atoms with E-state index in [2.05, 4.69) is 0 Å². The summed E-state index contributed by atoms with van der Waals surface area (Å²) < 4.78 is 15.9. The molecule has 7 heteroatoms. The maximum absolute atomic E-state index is 12.3. The summed E-state index contributed by atoms with van der Waals surface area (Å²) in [4.78, 5) is 48.1. The number of carbonyl (C=O) groups is 4. The summed E-state index contributed by atoms with van der Waals surface area (Å²) >= 11 is 0. The minimum absolute atomic E-state index is 0.0271. The van der Waals surface area contributed by atoms with E-state index in [0.717, 1.165) is 0 Å². The fourth-order valence-electron chi connectivity index (χ4n) is 3.48. The molecule has 0 saturated heterocycles. The van der Waals surface area contributed by atoms with Gasteiger partial charge >= 0.3 is 11.9 Å². The highest BCUT2D eigenvalue weighted by Crippen LogP contribution is 2.36. The van der Waals surface area contributed by atoms with Crippen LogP contribution in [0.15, 0.2) is 0 Å². The Balaban J connectivity index is 4.26. The van der Waals surface area contributed by atoms with Gasteiger partial charge in [0, 0.05) is 10.8 Å². The van der Waals surface area contributed by atoms with Crippen molar-refractivity contribution in [2.24, 2.45) is 21.7 Å². The van der Waals surface area contributed by atoms with Crippen molar-refractivity contribution in [2.45, 2.75) is 82.1 Å². The molecule has 0 fully saturated rings. The van der Waals surface area contributed by atoms with Gasteiger partial charge in [0.2, 0.25) is 0 Å². The van der Waals surface area contributed by atoms with Gasteiger partial charge in [-0.05, 0) is 54.4 Å². The smallest absolute Gasteiger partial charge is 0.311 e. The van der Waals surface area contributed by atoms with Gasteiger partial charge in [0.05, 0.1) is 24.0 Å². The second-order valence-electron chi connectivity index (χ2n) is 10.9. The normalized spacial score (nSPS) is 13.0. The number of Topliss-reactive ketones (excluding diaryl/α,β-unsaturated/α-hetero) is 2. The van der Waals surface area contributed by atoms with E-state index in [9.17, 15) is 19.2 Å². The van der Waals surface area contributed by atoms with Crippen molar-refractivity contribution < 1.29 is 33.4 Å². The number of rotatable bonds is 14. The highest BCUT2D eigenvalue weighted by molar-refractivity contribution is 5.84. The van der Waals surface area contributed by atoms with Gasteiger partial charge in [-0.25, -0.2) is 0 Å². The van der Waals surface area contributed by atoms with Crippen LogP contribution in [0.2, 0.25) is 0 Å². The van der Waals surface area contributed by atoms with E-state index < -0.39 is 21.7 Å². The summed E-state index contributed by atoms with van der Waals surface area (Å²) in [6.07, 6.45) is 0.780. The Labute approximate surface area is 187 Å². The summed E-state index contributed by atoms with van der Waals surface area (Å²) in [5, 5.41) is 0. The molecule has 0 atom stereocenters. The van der Waals surface area contributed by atoms with Gasteiger partial charge in [0.1, 0.15) is 24.8 Å². The molecular formula is C24H42O7. The topological polar surface area (TPSA) is 96.0 Å². The Bertz CT molecular complexity index is 601. The zero-order chi connectivity index (χ0) is 24.7. The van der Waals surface area contributed by atoms with Crippen LogP contribution in [0.4, 0.5) is 0 Å². The van der Waals surface area contributed by atoms with Gasteiger partial charge in [0.25, 0.3) is 0 Å².